The molecule has 1 unspecified atom stereocenters. The summed E-state index contributed by atoms with van der Waals surface area (Å²) < 4.78 is 1.85. The molecule has 0 bridgehead atoms. The summed E-state index contributed by atoms with van der Waals surface area (Å²) in [5.74, 6) is 0.363. The summed E-state index contributed by atoms with van der Waals surface area (Å²) in [4.78, 5) is 12.2. The number of fused-ring (bicyclic) bond motifs is 1. The Kier molecular flexibility index (Phi) is 5.91. The van der Waals surface area contributed by atoms with Crippen molar-refractivity contribution in [2.75, 3.05) is 6.54 Å². The number of aromatic nitrogens is 2. The van der Waals surface area contributed by atoms with Gasteiger partial charge in [0.2, 0.25) is 5.91 Å². The number of carbonyl (C=O) groups is 1. The average Bonchev–Trinajstić information content (AvgIpc) is 3.06. The molecule has 0 aliphatic rings. The number of aryl methyl sites for hydroxylation is 2. The fourth-order valence-corrected chi connectivity index (χ4v) is 3.09. The van der Waals surface area contributed by atoms with E-state index in [2.05, 4.69) is 36.4 Å². The lowest BCUT2D eigenvalue weighted by atomic mass is 10.00. The summed E-state index contributed by atoms with van der Waals surface area (Å²) in [7, 11) is 0. The predicted molar refractivity (Wildman–Crippen MR) is 108 cm³/mol. The van der Waals surface area contributed by atoms with Crippen LogP contribution in [-0.2, 0) is 11.3 Å². The van der Waals surface area contributed by atoms with Gasteiger partial charge in [-0.3, -0.25) is 9.48 Å². The minimum absolute atomic E-state index is 0.0934. The van der Waals surface area contributed by atoms with Crippen molar-refractivity contribution in [3.63, 3.8) is 0 Å². The molecule has 0 saturated carbocycles. The molecule has 1 aromatic heterocycles. The Morgan fingerprint density at radius 3 is 2.56 bits per heavy atom. The maximum absolute atomic E-state index is 12.2. The predicted octanol–water partition coefficient (Wildman–Crippen LogP) is 3.71. The zero-order chi connectivity index (χ0) is 19.4. The van der Waals surface area contributed by atoms with Gasteiger partial charge in [-0.2, -0.15) is 5.10 Å². The molecule has 0 spiro atoms. The zero-order valence-electron chi connectivity index (χ0n) is 16.1. The molecule has 2 aromatic carbocycles. The number of nitrogens with one attached hydrogen (secondary N) is 1. The van der Waals surface area contributed by atoms with Gasteiger partial charge in [-0.15, -0.1) is 0 Å². The first-order valence-electron chi connectivity index (χ1n) is 9.41. The van der Waals surface area contributed by atoms with Gasteiger partial charge in [0.1, 0.15) is 0 Å². The summed E-state index contributed by atoms with van der Waals surface area (Å²) in [6.07, 6.45) is 1.43. The van der Waals surface area contributed by atoms with Gasteiger partial charge in [-0.05, 0) is 35.6 Å². The normalized spacial score (nSPS) is 12.5. The van der Waals surface area contributed by atoms with E-state index in [1.807, 2.05) is 48.1 Å². The topological polar surface area (TPSA) is 67.2 Å². The molecule has 27 heavy (non-hydrogen) atoms. The van der Waals surface area contributed by atoms with Crippen molar-refractivity contribution in [2.24, 2.45) is 0 Å². The van der Waals surface area contributed by atoms with E-state index in [-0.39, 0.29) is 12.5 Å². The first kappa shape index (κ1) is 19.1. The van der Waals surface area contributed by atoms with Crippen molar-refractivity contribution in [1.82, 2.24) is 15.1 Å². The van der Waals surface area contributed by atoms with E-state index in [1.165, 1.54) is 11.1 Å². The number of nitrogens with zero attached hydrogens (tertiary/aromatic N) is 2. The van der Waals surface area contributed by atoms with Gasteiger partial charge in [0.15, 0.2) is 0 Å². The van der Waals surface area contributed by atoms with Crippen LogP contribution in [0.25, 0.3) is 10.9 Å². The molecular weight excluding hydrogens is 338 g/mol. The van der Waals surface area contributed by atoms with Gasteiger partial charge in [0, 0.05) is 18.4 Å². The van der Waals surface area contributed by atoms with E-state index in [4.69, 9.17) is 0 Å². The van der Waals surface area contributed by atoms with Gasteiger partial charge in [-0.1, -0.05) is 50.2 Å². The molecular formula is C22H27N3O2. The highest BCUT2D eigenvalue weighted by atomic mass is 16.3. The highest BCUT2D eigenvalue weighted by Crippen LogP contribution is 2.18. The van der Waals surface area contributed by atoms with Gasteiger partial charge in [0.25, 0.3) is 0 Å². The Bertz CT molecular complexity index is 913. The lowest BCUT2D eigenvalue weighted by Crippen LogP contribution is -2.29. The SMILES string of the molecule is Cc1ccc2cnn(CCC(=O)NCC(O)c3ccc(C(C)C)cc3)c2c1. The van der Waals surface area contributed by atoms with Crippen molar-refractivity contribution in [2.45, 2.75) is 45.8 Å². The highest BCUT2D eigenvalue weighted by molar-refractivity contribution is 5.80. The smallest absolute Gasteiger partial charge is 0.221 e. The van der Waals surface area contributed by atoms with Crippen molar-refractivity contribution >= 4 is 16.8 Å². The number of rotatable bonds is 7. The van der Waals surface area contributed by atoms with Crippen molar-refractivity contribution in [1.29, 1.82) is 0 Å². The molecule has 3 rings (SSSR count). The fraction of sp³-hybridized carbons (Fsp3) is 0.364. The summed E-state index contributed by atoms with van der Waals surface area (Å²) in [5, 5.41) is 18.5. The second-order valence-electron chi connectivity index (χ2n) is 7.32. The first-order chi connectivity index (χ1) is 12.9. The first-order valence-corrected chi connectivity index (χ1v) is 9.41. The van der Waals surface area contributed by atoms with E-state index in [0.717, 1.165) is 16.5 Å². The van der Waals surface area contributed by atoms with Crippen molar-refractivity contribution in [3.8, 4) is 0 Å². The molecule has 142 valence electrons. The third-order valence-electron chi connectivity index (χ3n) is 4.83. The van der Waals surface area contributed by atoms with E-state index < -0.39 is 6.10 Å². The molecule has 0 aliphatic carbocycles. The molecule has 2 N–H and O–H groups in total. The summed E-state index contributed by atoms with van der Waals surface area (Å²) >= 11 is 0. The molecule has 1 atom stereocenters. The number of benzene rings is 2. The van der Waals surface area contributed by atoms with E-state index in [0.29, 0.717) is 18.9 Å². The maximum atomic E-state index is 12.2. The summed E-state index contributed by atoms with van der Waals surface area (Å²) in [5.41, 5.74) is 4.25. The number of aliphatic hydroxyl groups excluding tert-OH is 1. The van der Waals surface area contributed by atoms with Gasteiger partial charge >= 0.3 is 0 Å². The molecule has 0 saturated heterocycles. The summed E-state index contributed by atoms with van der Waals surface area (Å²) in [6.45, 7) is 7.03. The van der Waals surface area contributed by atoms with E-state index >= 15 is 0 Å². The van der Waals surface area contributed by atoms with Crippen LogP contribution in [0.5, 0.6) is 0 Å². The second kappa shape index (κ2) is 8.35. The number of hydrogen-bond acceptors (Lipinski definition) is 3. The molecule has 5 heteroatoms. The van der Waals surface area contributed by atoms with E-state index in [9.17, 15) is 9.90 Å². The standard InChI is InChI=1S/C22H27N3O2/c1-15(2)17-6-8-18(9-7-17)21(26)14-23-22(27)10-11-25-20-12-16(3)4-5-19(20)13-24-25/h4-9,12-13,15,21,26H,10-11,14H2,1-3H3,(H,23,27). The van der Waals surface area contributed by atoms with Crippen LogP contribution >= 0.6 is 0 Å². The Morgan fingerprint density at radius 1 is 1.15 bits per heavy atom. The lowest BCUT2D eigenvalue weighted by Gasteiger charge is -2.14. The minimum Gasteiger partial charge on any atom is -0.387 e. The largest absolute Gasteiger partial charge is 0.387 e. The van der Waals surface area contributed by atoms with Crippen LogP contribution in [0, 0.1) is 6.92 Å². The number of amides is 1. The van der Waals surface area contributed by atoms with E-state index in [1.54, 1.807) is 0 Å². The Morgan fingerprint density at radius 2 is 1.85 bits per heavy atom. The molecule has 1 amide bonds. The lowest BCUT2D eigenvalue weighted by molar-refractivity contribution is -0.121. The number of aliphatic hydroxyl groups is 1. The Balaban J connectivity index is 1.51. The van der Waals surface area contributed by atoms with Crippen LogP contribution in [0.3, 0.4) is 0 Å². The van der Waals surface area contributed by atoms with Gasteiger partial charge in [-0.25, -0.2) is 0 Å². The van der Waals surface area contributed by atoms with Crippen molar-refractivity contribution in [3.05, 3.63) is 65.4 Å². The average molecular weight is 365 g/mol. The van der Waals surface area contributed by atoms with Crippen LogP contribution in [0.1, 0.15) is 49.0 Å². The third-order valence-corrected chi connectivity index (χ3v) is 4.83. The van der Waals surface area contributed by atoms with Gasteiger partial charge in [0.05, 0.1) is 24.4 Å². The Labute approximate surface area is 160 Å². The second-order valence-corrected chi connectivity index (χ2v) is 7.32. The minimum atomic E-state index is -0.705. The van der Waals surface area contributed by atoms with Crippen LogP contribution in [0.2, 0.25) is 0 Å². The molecule has 0 fully saturated rings. The molecule has 0 radical (unpaired) electrons. The zero-order valence-corrected chi connectivity index (χ0v) is 16.1. The van der Waals surface area contributed by atoms with Gasteiger partial charge < -0.3 is 10.4 Å². The summed E-state index contributed by atoms with van der Waals surface area (Å²) in [6, 6.07) is 14.1. The van der Waals surface area contributed by atoms with Crippen LogP contribution in [0.4, 0.5) is 0 Å². The fourth-order valence-electron chi connectivity index (χ4n) is 3.09. The van der Waals surface area contributed by atoms with Crippen LogP contribution in [-0.4, -0.2) is 27.3 Å². The van der Waals surface area contributed by atoms with Crippen LogP contribution < -0.4 is 5.32 Å². The monoisotopic (exact) mass is 365 g/mol. The molecule has 1 heterocycles. The Hall–Kier alpha value is -2.66. The van der Waals surface area contributed by atoms with Crippen LogP contribution in [0.15, 0.2) is 48.7 Å². The number of hydrogen-bond donors (Lipinski definition) is 2. The highest BCUT2D eigenvalue weighted by Gasteiger charge is 2.11. The number of carbonyl (C=O) groups excluding carboxylic acids is 1. The maximum Gasteiger partial charge on any atom is 0.221 e. The quantitative estimate of drug-likeness (QED) is 0.671. The molecule has 0 aliphatic heterocycles. The third kappa shape index (κ3) is 4.74. The van der Waals surface area contributed by atoms with Crippen molar-refractivity contribution < 1.29 is 9.90 Å². The molecule has 3 aromatic rings. The molecule has 5 nitrogen and oxygen atoms in total.